The van der Waals surface area contributed by atoms with Gasteiger partial charge in [0.15, 0.2) is 0 Å². The van der Waals surface area contributed by atoms with Gasteiger partial charge in [0.1, 0.15) is 12.0 Å². The molecular weight excluding hydrogens is 324 g/mol. The summed E-state index contributed by atoms with van der Waals surface area (Å²) in [6, 6.07) is 1.58. The van der Waals surface area contributed by atoms with Gasteiger partial charge in [-0.1, -0.05) is 0 Å². The molecule has 0 aromatic carbocycles. The molecule has 0 bridgehead atoms. The lowest BCUT2D eigenvalue weighted by Gasteiger charge is -2.23. The number of carbonyl (C=O) groups excluding carboxylic acids is 2. The predicted molar refractivity (Wildman–Crippen MR) is 87.7 cm³/mol. The molecule has 1 fully saturated rings. The summed E-state index contributed by atoms with van der Waals surface area (Å²) < 4.78 is 7.23. The number of carbonyl (C=O) groups is 2. The van der Waals surface area contributed by atoms with Gasteiger partial charge in [-0.2, -0.15) is 5.10 Å². The van der Waals surface area contributed by atoms with Gasteiger partial charge in [0, 0.05) is 37.9 Å². The van der Waals surface area contributed by atoms with Gasteiger partial charge in [-0.15, -0.1) is 0 Å². The zero-order valence-electron chi connectivity index (χ0n) is 14.0. The first-order valence-electron chi connectivity index (χ1n) is 7.99. The van der Waals surface area contributed by atoms with E-state index >= 15 is 0 Å². The Bertz CT molecular complexity index is 775. The monoisotopic (exact) mass is 344 g/mol. The average molecular weight is 344 g/mol. The molecule has 2 amide bonds. The van der Waals surface area contributed by atoms with Crippen LogP contribution in [0.5, 0.6) is 0 Å². The third-order valence-electron chi connectivity index (χ3n) is 4.05. The van der Waals surface area contributed by atoms with Gasteiger partial charge in [0.05, 0.1) is 25.0 Å². The van der Waals surface area contributed by atoms with Gasteiger partial charge in [0.25, 0.3) is 11.8 Å². The van der Waals surface area contributed by atoms with Crippen LogP contribution in [-0.2, 0) is 18.2 Å². The molecule has 3 heterocycles. The van der Waals surface area contributed by atoms with Crippen LogP contribution < -0.4 is 5.73 Å². The predicted octanol–water partition coefficient (Wildman–Crippen LogP) is -0.360. The van der Waals surface area contributed by atoms with Crippen molar-refractivity contribution in [3.05, 3.63) is 41.7 Å². The minimum Gasteiger partial charge on any atom is -0.379 e. The van der Waals surface area contributed by atoms with Gasteiger partial charge in [-0.25, -0.2) is 9.97 Å². The number of aryl methyl sites for hydroxylation is 1. The van der Waals surface area contributed by atoms with Gasteiger partial charge in [-0.3, -0.25) is 14.3 Å². The van der Waals surface area contributed by atoms with Gasteiger partial charge in [0.2, 0.25) is 0 Å². The third-order valence-corrected chi connectivity index (χ3v) is 4.05. The molecule has 2 N–H and O–H groups in total. The van der Waals surface area contributed by atoms with Crippen LogP contribution in [0.25, 0.3) is 0 Å². The molecule has 0 aliphatic carbocycles. The van der Waals surface area contributed by atoms with E-state index < -0.39 is 5.91 Å². The van der Waals surface area contributed by atoms with E-state index in [1.165, 1.54) is 6.33 Å². The molecule has 0 spiro atoms. The lowest BCUT2D eigenvalue weighted by Crippen LogP contribution is -2.36. The van der Waals surface area contributed by atoms with Crippen LogP contribution in [0.2, 0.25) is 0 Å². The smallest absolute Gasteiger partial charge is 0.267 e. The van der Waals surface area contributed by atoms with Crippen molar-refractivity contribution in [2.45, 2.75) is 6.42 Å². The molecule has 3 rings (SSSR count). The lowest BCUT2D eigenvalue weighted by atomic mass is 10.0. The van der Waals surface area contributed by atoms with Gasteiger partial charge < -0.3 is 15.4 Å². The van der Waals surface area contributed by atoms with Crippen molar-refractivity contribution in [1.82, 2.24) is 24.6 Å². The molecule has 1 aliphatic heterocycles. The van der Waals surface area contributed by atoms with E-state index in [9.17, 15) is 9.59 Å². The van der Waals surface area contributed by atoms with Crippen molar-refractivity contribution < 1.29 is 14.3 Å². The maximum absolute atomic E-state index is 12.6. The Balaban J connectivity index is 1.70. The number of hydrogen-bond acceptors (Lipinski definition) is 6. The molecule has 1 atom stereocenters. The molecule has 1 aliphatic rings. The fourth-order valence-corrected chi connectivity index (χ4v) is 2.84. The number of amides is 2. The molecule has 2 aromatic heterocycles. The zero-order chi connectivity index (χ0) is 17.8. The summed E-state index contributed by atoms with van der Waals surface area (Å²) in [6.07, 6.45) is 5.16. The Morgan fingerprint density at radius 1 is 1.40 bits per heavy atom. The molecule has 9 heteroatoms. The number of ether oxygens (including phenoxy) is 1. The Hall–Kier alpha value is -2.81. The van der Waals surface area contributed by atoms with Crippen molar-refractivity contribution in [3.63, 3.8) is 0 Å². The Kier molecular flexibility index (Phi) is 5.03. The summed E-state index contributed by atoms with van der Waals surface area (Å²) in [7, 11) is 1.77. The highest BCUT2D eigenvalue weighted by atomic mass is 16.5. The van der Waals surface area contributed by atoms with Crippen molar-refractivity contribution in [1.29, 1.82) is 0 Å². The molecule has 0 saturated carbocycles. The van der Waals surface area contributed by atoms with Crippen LogP contribution in [0.4, 0.5) is 0 Å². The first-order chi connectivity index (χ1) is 12.0. The summed E-state index contributed by atoms with van der Waals surface area (Å²) in [5, 5.41) is 4.05. The van der Waals surface area contributed by atoms with E-state index in [2.05, 4.69) is 15.1 Å². The van der Waals surface area contributed by atoms with Crippen LogP contribution in [0, 0.1) is 5.92 Å². The van der Waals surface area contributed by atoms with Crippen LogP contribution in [0.3, 0.4) is 0 Å². The maximum Gasteiger partial charge on any atom is 0.267 e. The summed E-state index contributed by atoms with van der Waals surface area (Å²) >= 11 is 0. The van der Waals surface area contributed by atoms with Crippen molar-refractivity contribution in [2.24, 2.45) is 18.7 Å². The summed E-state index contributed by atoms with van der Waals surface area (Å²) in [5.41, 5.74) is 6.70. The normalized spacial score (nSPS) is 18.0. The minimum atomic E-state index is -0.589. The number of hydrogen-bond donors (Lipinski definition) is 1. The summed E-state index contributed by atoms with van der Waals surface area (Å²) in [5.74, 6) is -0.586. The van der Waals surface area contributed by atoms with Crippen LogP contribution in [0.1, 0.15) is 26.5 Å². The van der Waals surface area contributed by atoms with E-state index in [-0.39, 0.29) is 17.5 Å². The van der Waals surface area contributed by atoms with Crippen molar-refractivity contribution in [3.8, 4) is 0 Å². The number of nitrogens with two attached hydrogens (primary N) is 1. The molecule has 0 radical (unpaired) electrons. The molecule has 9 nitrogen and oxygen atoms in total. The fourth-order valence-electron chi connectivity index (χ4n) is 2.84. The Morgan fingerprint density at radius 3 is 2.96 bits per heavy atom. The fraction of sp³-hybridized carbons (Fsp3) is 0.438. The van der Waals surface area contributed by atoms with Gasteiger partial charge in [-0.05, 0) is 12.5 Å². The number of rotatable bonds is 4. The molecule has 1 saturated heterocycles. The highest BCUT2D eigenvalue weighted by Crippen LogP contribution is 2.15. The maximum atomic E-state index is 12.6. The standard InChI is InChI=1S/C16H20N6O3/c1-21-8-12(6-20-21)16(24)22-2-3-25-9-11(7-22)4-13-5-14(15(17)23)19-10-18-13/h5-6,8,10-11H,2-4,7,9H2,1H3,(H2,17,23)/t11-/m1/s1. The summed E-state index contributed by atoms with van der Waals surface area (Å²) in [4.78, 5) is 33.7. The summed E-state index contributed by atoms with van der Waals surface area (Å²) in [6.45, 7) is 2.08. The minimum absolute atomic E-state index is 0.0656. The van der Waals surface area contributed by atoms with E-state index in [1.54, 1.807) is 35.1 Å². The van der Waals surface area contributed by atoms with E-state index in [4.69, 9.17) is 10.5 Å². The van der Waals surface area contributed by atoms with E-state index in [1.807, 2.05) is 0 Å². The van der Waals surface area contributed by atoms with Gasteiger partial charge >= 0.3 is 0 Å². The number of aromatic nitrogens is 4. The topological polar surface area (TPSA) is 116 Å². The first kappa shape index (κ1) is 17.0. The first-order valence-corrected chi connectivity index (χ1v) is 7.99. The number of primary amides is 1. The molecule has 132 valence electrons. The molecule has 25 heavy (non-hydrogen) atoms. The molecule has 0 unspecified atom stereocenters. The van der Waals surface area contributed by atoms with Crippen molar-refractivity contribution >= 4 is 11.8 Å². The quantitative estimate of drug-likeness (QED) is 0.810. The van der Waals surface area contributed by atoms with Crippen LogP contribution in [-0.4, -0.2) is 62.8 Å². The second-order valence-electron chi connectivity index (χ2n) is 6.06. The largest absolute Gasteiger partial charge is 0.379 e. The highest BCUT2D eigenvalue weighted by Gasteiger charge is 2.25. The van der Waals surface area contributed by atoms with Crippen molar-refractivity contribution in [2.75, 3.05) is 26.3 Å². The second-order valence-corrected chi connectivity index (χ2v) is 6.06. The Morgan fingerprint density at radius 2 is 2.24 bits per heavy atom. The van der Waals surface area contributed by atoms with E-state index in [0.717, 1.165) is 0 Å². The Labute approximate surface area is 144 Å². The van der Waals surface area contributed by atoms with E-state index in [0.29, 0.717) is 44.0 Å². The molecule has 2 aromatic rings. The number of nitrogens with zero attached hydrogens (tertiary/aromatic N) is 5. The molecular formula is C16H20N6O3. The second kappa shape index (κ2) is 7.39. The average Bonchev–Trinajstić information content (AvgIpc) is 2.89. The highest BCUT2D eigenvalue weighted by molar-refractivity contribution is 5.93. The third kappa shape index (κ3) is 4.18. The zero-order valence-corrected chi connectivity index (χ0v) is 14.0. The lowest BCUT2D eigenvalue weighted by molar-refractivity contribution is 0.0737. The van der Waals surface area contributed by atoms with Crippen LogP contribution >= 0.6 is 0 Å². The van der Waals surface area contributed by atoms with Crippen LogP contribution in [0.15, 0.2) is 24.8 Å². The SMILES string of the molecule is Cn1cc(C(=O)N2CCOC[C@H](Cc3cc(C(N)=O)ncn3)C2)cn1.